The molecule has 10 heteroatoms. The normalized spacial score (nSPS) is 16.8. The molecule has 1 N–H and O–H groups in total. The Morgan fingerprint density at radius 1 is 1.19 bits per heavy atom. The fraction of sp³-hybridized carbons (Fsp3) is 0.524. The maximum absolute atomic E-state index is 13.1. The van der Waals surface area contributed by atoms with Gasteiger partial charge < -0.3 is 14.4 Å². The van der Waals surface area contributed by atoms with Gasteiger partial charge in [-0.15, -0.1) is 0 Å². The number of aliphatic carboxylic acids is 1. The van der Waals surface area contributed by atoms with Crippen molar-refractivity contribution in [1.82, 2.24) is 14.5 Å². The number of benzene rings is 1. The predicted molar refractivity (Wildman–Crippen MR) is 103 cm³/mol. The smallest absolute Gasteiger partial charge is 0.475 e. The van der Waals surface area contributed by atoms with Crippen molar-refractivity contribution in [3.05, 3.63) is 53.4 Å². The van der Waals surface area contributed by atoms with Crippen molar-refractivity contribution in [2.75, 3.05) is 13.2 Å². The molecule has 1 saturated carbocycles. The zero-order valence-electron chi connectivity index (χ0n) is 16.9. The average molecular weight is 443 g/mol. The van der Waals surface area contributed by atoms with Gasteiger partial charge in [0.1, 0.15) is 5.82 Å². The van der Waals surface area contributed by atoms with E-state index >= 15 is 0 Å². The number of carboxylic acid groups (broad SMARTS) is 1. The van der Waals surface area contributed by atoms with Crippen molar-refractivity contribution >= 4 is 5.97 Å². The van der Waals surface area contributed by atoms with Gasteiger partial charge in [-0.25, -0.2) is 14.2 Å². The highest BCUT2D eigenvalue weighted by Crippen LogP contribution is 2.29. The summed E-state index contributed by atoms with van der Waals surface area (Å²) < 4.78 is 52.9. The quantitative estimate of drug-likeness (QED) is 0.684. The number of carbonyl (C=O) groups is 1. The molecule has 31 heavy (non-hydrogen) atoms. The molecule has 1 aliphatic heterocycles. The second kappa shape index (κ2) is 10.2. The van der Waals surface area contributed by atoms with Crippen LogP contribution in [0.3, 0.4) is 0 Å². The van der Waals surface area contributed by atoms with Crippen LogP contribution in [0.5, 0.6) is 0 Å². The molecule has 0 bridgehead atoms. The van der Waals surface area contributed by atoms with E-state index in [0.29, 0.717) is 6.61 Å². The molecule has 0 spiro atoms. The molecule has 1 aromatic heterocycles. The first-order valence-corrected chi connectivity index (χ1v) is 10.1. The molecule has 2 heterocycles. The van der Waals surface area contributed by atoms with Crippen molar-refractivity contribution in [2.45, 2.75) is 51.7 Å². The third-order valence-corrected chi connectivity index (χ3v) is 5.13. The molecule has 2 aliphatic rings. The molecule has 1 aromatic carbocycles. The Bertz CT molecular complexity index is 864. The SMILES string of the molecule is Fc1ccc(CN2CCCn3cnc(COCC4CC4)c3C2)cc1.O=C(O)C(F)(F)F. The predicted octanol–water partition coefficient (Wildman–Crippen LogP) is 3.99. The Balaban J connectivity index is 0.000000339. The molecule has 4 rings (SSSR count). The number of alkyl halides is 3. The Morgan fingerprint density at radius 3 is 2.48 bits per heavy atom. The van der Waals surface area contributed by atoms with Crippen LogP contribution < -0.4 is 0 Å². The van der Waals surface area contributed by atoms with Crippen molar-refractivity contribution in [3.63, 3.8) is 0 Å². The van der Waals surface area contributed by atoms with Crippen LogP contribution in [0, 0.1) is 11.7 Å². The van der Waals surface area contributed by atoms with Gasteiger partial charge in [-0.05, 0) is 42.9 Å². The molecule has 0 atom stereocenters. The fourth-order valence-electron chi connectivity index (χ4n) is 3.29. The molecule has 170 valence electrons. The zero-order chi connectivity index (χ0) is 22.4. The highest BCUT2D eigenvalue weighted by Gasteiger charge is 2.38. The first-order valence-electron chi connectivity index (χ1n) is 10.1. The average Bonchev–Trinajstić information content (AvgIpc) is 3.49. The Labute approximate surface area is 177 Å². The zero-order valence-corrected chi connectivity index (χ0v) is 16.9. The van der Waals surface area contributed by atoms with E-state index in [-0.39, 0.29) is 5.82 Å². The lowest BCUT2D eigenvalue weighted by atomic mass is 10.2. The number of aryl methyl sites for hydroxylation is 1. The first kappa shape index (κ1) is 23.2. The maximum atomic E-state index is 13.1. The summed E-state index contributed by atoms with van der Waals surface area (Å²) in [5, 5.41) is 7.12. The number of imidazole rings is 1. The summed E-state index contributed by atoms with van der Waals surface area (Å²) in [4.78, 5) is 15.9. The van der Waals surface area contributed by atoms with E-state index in [0.717, 1.165) is 56.4 Å². The summed E-state index contributed by atoms with van der Waals surface area (Å²) in [6.07, 6.45) is 0.596. The topological polar surface area (TPSA) is 67.6 Å². The molecule has 0 radical (unpaired) electrons. The molecule has 0 saturated heterocycles. The lowest BCUT2D eigenvalue weighted by Gasteiger charge is -2.20. The minimum Gasteiger partial charge on any atom is -0.475 e. The van der Waals surface area contributed by atoms with Crippen LogP contribution in [-0.4, -0.2) is 44.9 Å². The van der Waals surface area contributed by atoms with Crippen molar-refractivity contribution in [1.29, 1.82) is 0 Å². The van der Waals surface area contributed by atoms with Gasteiger partial charge in [-0.3, -0.25) is 4.90 Å². The summed E-state index contributed by atoms with van der Waals surface area (Å²) in [6, 6.07) is 6.82. The maximum Gasteiger partial charge on any atom is 0.490 e. The lowest BCUT2D eigenvalue weighted by molar-refractivity contribution is -0.192. The van der Waals surface area contributed by atoms with Gasteiger partial charge in [0, 0.05) is 32.8 Å². The molecule has 0 unspecified atom stereocenters. The monoisotopic (exact) mass is 443 g/mol. The molecular weight excluding hydrogens is 418 g/mol. The van der Waals surface area contributed by atoms with Crippen molar-refractivity contribution < 1.29 is 32.2 Å². The number of nitrogens with zero attached hydrogens (tertiary/aromatic N) is 3. The van der Waals surface area contributed by atoms with E-state index < -0.39 is 12.1 Å². The van der Waals surface area contributed by atoms with E-state index in [9.17, 15) is 17.6 Å². The Kier molecular flexibility index (Phi) is 7.66. The summed E-state index contributed by atoms with van der Waals surface area (Å²) in [5.74, 6) is -2.16. The number of aromatic nitrogens is 2. The summed E-state index contributed by atoms with van der Waals surface area (Å²) in [7, 11) is 0. The summed E-state index contributed by atoms with van der Waals surface area (Å²) >= 11 is 0. The lowest BCUT2D eigenvalue weighted by Crippen LogP contribution is -2.23. The molecule has 1 aliphatic carbocycles. The third-order valence-electron chi connectivity index (χ3n) is 5.13. The van der Waals surface area contributed by atoms with Crippen LogP contribution in [0.1, 0.15) is 36.2 Å². The second-order valence-corrected chi connectivity index (χ2v) is 7.78. The van der Waals surface area contributed by atoms with Crippen LogP contribution in [0.2, 0.25) is 0 Å². The number of rotatable bonds is 6. The molecular formula is C21H25F4N3O3. The van der Waals surface area contributed by atoms with Gasteiger partial charge in [0.2, 0.25) is 0 Å². The van der Waals surface area contributed by atoms with Crippen LogP contribution in [0.15, 0.2) is 30.6 Å². The largest absolute Gasteiger partial charge is 0.490 e. The van der Waals surface area contributed by atoms with Crippen LogP contribution in [0.25, 0.3) is 0 Å². The molecule has 1 fully saturated rings. The number of hydrogen-bond donors (Lipinski definition) is 1. The van der Waals surface area contributed by atoms with Crippen LogP contribution in [0.4, 0.5) is 17.6 Å². The van der Waals surface area contributed by atoms with Crippen molar-refractivity contribution in [2.24, 2.45) is 5.92 Å². The fourth-order valence-corrected chi connectivity index (χ4v) is 3.29. The standard InChI is InChI=1S/C19H24FN3O.C2HF3O2/c20-17-6-4-15(5-7-17)10-22-8-1-9-23-14-21-18(19(23)11-22)13-24-12-16-2-3-16;3-2(4,5)1(6)7/h4-7,14,16H,1-3,8-13H2;(H,6,7). The summed E-state index contributed by atoms with van der Waals surface area (Å²) in [6.45, 7) is 5.24. The van der Waals surface area contributed by atoms with Gasteiger partial charge in [-0.1, -0.05) is 12.1 Å². The van der Waals surface area contributed by atoms with Crippen LogP contribution >= 0.6 is 0 Å². The molecule has 6 nitrogen and oxygen atoms in total. The highest BCUT2D eigenvalue weighted by atomic mass is 19.4. The second-order valence-electron chi connectivity index (χ2n) is 7.78. The van der Waals surface area contributed by atoms with E-state index in [1.54, 1.807) is 0 Å². The Morgan fingerprint density at radius 2 is 1.87 bits per heavy atom. The number of halogens is 4. The van der Waals surface area contributed by atoms with Gasteiger partial charge in [0.25, 0.3) is 0 Å². The third kappa shape index (κ3) is 7.32. The number of ether oxygens (including phenoxy) is 1. The van der Waals surface area contributed by atoms with Gasteiger partial charge in [0.15, 0.2) is 0 Å². The summed E-state index contributed by atoms with van der Waals surface area (Å²) in [5.41, 5.74) is 3.49. The van der Waals surface area contributed by atoms with E-state index in [1.807, 2.05) is 18.5 Å². The number of carboxylic acids is 1. The minimum atomic E-state index is -5.08. The van der Waals surface area contributed by atoms with Gasteiger partial charge in [0.05, 0.1) is 24.3 Å². The Hall–Kier alpha value is -2.46. The highest BCUT2D eigenvalue weighted by molar-refractivity contribution is 5.73. The molecule has 0 amide bonds. The van der Waals surface area contributed by atoms with Gasteiger partial charge in [-0.2, -0.15) is 13.2 Å². The molecule has 2 aromatic rings. The van der Waals surface area contributed by atoms with E-state index in [4.69, 9.17) is 14.6 Å². The van der Waals surface area contributed by atoms with E-state index in [2.05, 4.69) is 14.5 Å². The van der Waals surface area contributed by atoms with E-state index in [1.165, 1.54) is 30.7 Å². The van der Waals surface area contributed by atoms with Crippen LogP contribution in [-0.2, 0) is 35.8 Å². The number of hydrogen-bond acceptors (Lipinski definition) is 4. The first-order chi connectivity index (χ1) is 14.7. The minimum absolute atomic E-state index is 0.178. The van der Waals surface area contributed by atoms with Gasteiger partial charge >= 0.3 is 12.1 Å². The van der Waals surface area contributed by atoms with Crippen molar-refractivity contribution in [3.8, 4) is 0 Å². The number of fused-ring (bicyclic) bond motifs is 1.